The summed E-state index contributed by atoms with van der Waals surface area (Å²) in [7, 11) is 0. The van der Waals surface area contributed by atoms with Gasteiger partial charge in [-0.1, -0.05) is 30.3 Å². The van der Waals surface area contributed by atoms with Gasteiger partial charge in [-0.3, -0.25) is 4.98 Å². The fraction of sp³-hybridized carbons (Fsp3) is 0.105. The lowest BCUT2D eigenvalue weighted by molar-refractivity contribution is -0.138. The Morgan fingerprint density at radius 1 is 0.778 bits per heavy atom. The summed E-state index contributed by atoms with van der Waals surface area (Å²) in [6.07, 6.45) is -8.40. The van der Waals surface area contributed by atoms with Gasteiger partial charge in [0.1, 0.15) is 0 Å². The largest absolute Gasteiger partial charge is 0.418 e. The van der Waals surface area contributed by atoms with Crippen LogP contribution in [0.15, 0.2) is 54.7 Å². The molecule has 0 unspecified atom stereocenters. The summed E-state index contributed by atoms with van der Waals surface area (Å²) in [5, 5.41) is 0.318. The van der Waals surface area contributed by atoms with E-state index < -0.39 is 23.5 Å². The van der Waals surface area contributed by atoms with Crippen LogP contribution in [0.5, 0.6) is 0 Å². The number of nitrogens with zero attached hydrogens (tertiary/aromatic N) is 1. The zero-order valence-electron chi connectivity index (χ0n) is 13.4. The first-order chi connectivity index (χ1) is 12.7. The van der Waals surface area contributed by atoms with Gasteiger partial charge in [-0.15, -0.1) is 0 Å². The highest BCUT2D eigenvalue weighted by molar-refractivity contribution is 6.12. The number of hydrogen-bond acceptors (Lipinski definition) is 1. The van der Waals surface area contributed by atoms with Crippen LogP contribution in [-0.4, -0.2) is 9.97 Å². The summed E-state index contributed by atoms with van der Waals surface area (Å²) in [6.45, 7) is 0. The molecule has 0 aliphatic heterocycles. The Morgan fingerprint density at radius 2 is 1.44 bits per heavy atom. The van der Waals surface area contributed by atoms with Gasteiger partial charge in [-0.2, -0.15) is 26.3 Å². The fourth-order valence-electron chi connectivity index (χ4n) is 3.11. The predicted octanol–water partition coefficient (Wildman–Crippen LogP) is 6.42. The van der Waals surface area contributed by atoms with E-state index in [-0.39, 0.29) is 22.2 Å². The summed E-state index contributed by atoms with van der Waals surface area (Å²) >= 11 is 0. The average Bonchev–Trinajstić information content (AvgIpc) is 2.99. The number of aromatic nitrogens is 2. The van der Waals surface area contributed by atoms with E-state index in [2.05, 4.69) is 9.97 Å². The maximum Gasteiger partial charge on any atom is 0.418 e. The zero-order valence-corrected chi connectivity index (χ0v) is 13.4. The van der Waals surface area contributed by atoms with Gasteiger partial charge in [-0.25, -0.2) is 0 Å². The second-order valence-corrected chi connectivity index (χ2v) is 6.01. The number of hydrogen-bond donors (Lipinski definition) is 1. The molecule has 2 aromatic heterocycles. The lowest BCUT2D eigenvalue weighted by Crippen LogP contribution is -2.07. The first kappa shape index (κ1) is 17.4. The minimum absolute atomic E-state index is 0.0528. The van der Waals surface area contributed by atoms with Crippen molar-refractivity contribution >= 4 is 21.8 Å². The molecule has 0 saturated heterocycles. The van der Waals surface area contributed by atoms with Crippen LogP contribution in [0.4, 0.5) is 26.3 Å². The lowest BCUT2D eigenvalue weighted by atomic mass is 10.0. The van der Waals surface area contributed by atoms with Crippen LogP contribution < -0.4 is 0 Å². The smallest absolute Gasteiger partial charge is 0.353 e. The molecule has 0 fully saturated rings. The second-order valence-electron chi connectivity index (χ2n) is 6.01. The molecule has 0 atom stereocenters. The van der Waals surface area contributed by atoms with Crippen molar-refractivity contribution in [3.8, 4) is 11.3 Å². The van der Waals surface area contributed by atoms with Crippen molar-refractivity contribution in [2.75, 3.05) is 0 Å². The summed E-state index contributed by atoms with van der Waals surface area (Å²) in [5.74, 6) is 0. The Hall–Kier alpha value is -3.03. The van der Waals surface area contributed by atoms with Gasteiger partial charge in [-0.05, 0) is 18.2 Å². The third kappa shape index (κ3) is 2.90. The van der Waals surface area contributed by atoms with Gasteiger partial charge in [0.15, 0.2) is 0 Å². The molecule has 0 amide bonds. The molecule has 4 rings (SSSR count). The van der Waals surface area contributed by atoms with Crippen molar-refractivity contribution in [2.24, 2.45) is 0 Å². The van der Waals surface area contributed by atoms with E-state index in [1.54, 1.807) is 24.3 Å². The molecule has 0 radical (unpaired) electrons. The Balaban J connectivity index is 2.00. The van der Waals surface area contributed by atoms with Crippen molar-refractivity contribution < 1.29 is 26.3 Å². The molecule has 0 aliphatic carbocycles. The van der Waals surface area contributed by atoms with Gasteiger partial charge >= 0.3 is 12.4 Å². The van der Waals surface area contributed by atoms with Crippen LogP contribution in [0.2, 0.25) is 0 Å². The van der Waals surface area contributed by atoms with Crippen LogP contribution >= 0.6 is 0 Å². The van der Waals surface area contributed by atoms with E-state index in [4.69, 9.17) is 0 Å². The number of rotatable bonds is 1. The number of pyridine rings is 1. The number of para-hydroxylation sites is 1. The standard InChI is InChI=1S/C19H10F6N2/c20-18(21,22)11-7-5-10(6-8-11)16-17-15(13(9-26-16)19(23,24)25)12-3-1-2-4-14(12)27-17/h1-9,27H. The van der Waals surface area contributed by atoms with E-state index in [9.17, 15) is 26.3 Å². The first-order valence-corrected chi connectivity index (χ1v) is 7.80. The Bertz CT molecular complexity index is 1140. The van der Waals surface area contributed by atoms with E-state index in [1.807, 2.05) is 0 Å². The number of benzene rings is 2. The highest BCUT2D eigenvalue weighted by Crippen LogP contribution is 2.41. The van der Waals surface area contributed by atoms with Crippen molar-refractivity contribution in [2.45, 2.75) is 12.4 Å². The molecule has 4 aromatic rings. The quantitative estimate of drug-likeness (QED) is 0.379. The predicted molar refractivity (Wildman–Crippen MR) is 89.0 cm³/mol. The highest BCUT2D eigenvalue weighted by Gasteiger charge is 2.35. The first-order valence-electron chi connectivity index (χ1n) is 7.80. The van der Waals surface area contributed by atoms with Gasteiger partial charge in [0.25, 0.3) is 0 Å². The molecule has 0 bridgehead atoms. The summed E-state index contributed by atoms with van der Waals surface area (Å²) in [6, 6.07) is 10.6. The van der Waals surface area contributed by atoms with E-state index in [0.717, 1.165) is 18.3 Å². The fourth-order valence-corrected chi connectivity index (χ4v) is 3.11. The Morgan fingerprint density at radius 3 is 2.07 bits per heavy atom. The van der Waals surface area contributed by atoms with Crippen molar-refractivity contribution in [3.05, 3.63) is 65.9 Å². The number of nitrogens with one attached hydrogen (secondary N) is 1. The van der Waals surface area contributed by atoms with Gasteiger partial charge in [0, 0.05) is 28.0 Å². The molecule has 2 aromatic carbocycles. The molecule has 138 valence electrons. The molecule has 0 saturated carbocycles. The van der Waals surface area contributed by atoms with Gasteiger partial charge in [0.2, 0.25) is 0 Å². The molecule has 1 N–H and O–H groups in total. The zero-order chi connectivity index (χ0) is 19.4. The number of alkyl halides is 6. The van der Waals surface area contributed by atoms with E-state index in [0.29, 0.717) is 10.9 Å². The number of aromatic amines is 1. The van der Waals surface area contributed by atoms with E-state index >= 15 is 0 Å². The Labute approximate surface area is 148 Å². The molecular weight excluding hydrogens is 370 g/mol. The molecule has 8 heteroatoms. The summed E-state index contributed by atoms with van der Waals surface area (Å²) in [5.41, 5.74) is -0.683. The summed E-state index contributed by atoms with van der Waals surface area (Å²) < 4.78 is 78.6. The maximum atomic E-state index is 13.5. The van der Waals surface area contributed by atoms with Gasteiger partial charge in [0.05, 0.1) is 22.3 Å². The minimum atomic E-state index is -4.62. The van der Waals surface area contributed by atoms with Crippen molar-refractivity contribution in [1.82, 2.24) is 9.97 Å². The topological polar surface area (TPSA) is 28.7 Å². The third-order valence-electron chi connectivity index (χ3n) is 4.33. The summed E-state index contributed by atoms with van der Waals surface area (Å²) in [4.78, 5) is 6.82. The van der Waals surface area contributed by atoms with Crippen LogP contribution in [-0.2, 0) is 12.4 Å². The SMILES string of the molecule is FC(F)(F)c1ccc(-c2ncc(C(F)(F)F)c3c2[nH]c2ccccc23)cc1. The van der Waals surface area contributed by atoms with Crippen LogP contribution in [0, 0.1) is 0 Å². The van der Waals surface area contributed by atoms with Crippen molar-refractivity contribution in [1.29, 1.82) is 0 Å². The maximum absolute atomic E-state index is 13.5. The van der Waals surface area contributed by atoms with Crippen LogP contribution in [0.25, 0.3) is 33.1 Å². The number of halogens is 6. The number of H-pyrrole nitrogens is 1. The molecule has 0 spiro atoms. The Kier molecular flexibility index (Phi) is 3.69. The molecule has 2 nitrogen and oxygen atoms in total. The number of fused-ring (bicyclic) bond motifs is 3. The average molecular weight is 380 g/mol. The minimum Gasteiger partial charge on any atom is -0.353 e. The van der Waals surface area contributed by atoms with Crippen LogP contribution in [0.1, 0.15) is 11.1 Å². The van der Waals surface area contributed by atoms with Crippen LogP contribution in [0.3, 0.4) is 0 Å². The monoisotopic (exact) mass is 380 g/mol. The highest BCUT2D eigenvalue weighted by atomic mass is 19.4. The second kappa shape index (κ2) is 5.73. The third-order valence-corrected chi connectivity index (χ3v) is 4.33. The van der Waals surface area contributed by atoms with Crippen molar-refractivity contribution in [3.63, 3.8) is 0 Å². The molecule has 27 heavy (non-hydrogen) atoms. The molecular formula is C19H10F6N2. The van der Waals surface area contributed by atoms with E-state index in [1.165, 1.54) is 12.1 Å². The van der Waals surface area contributed by atoms with Gasteiger partial charge < -0.3 is 4.98 Å². The lowest BCUT2D eigenvalue weighted by Gasteiger charge is -2.11. The normalized spacial score (nSPS) is 12.8. The molecule has 2 heterocycles. The molecule has 0 aliphatic rings.